The summed E-state index contributed by atoms with van der Waals surface area (Å²) in [6, 6.07) is 13.5. The fourth-order valence-electron chi connectivity index (χ4n) is 7.72. The van der Waals surface area contributed by atoms with Crippen LogP contribution in [0.1, 0.15) is 56.3 Å². The molecule has 0 saturated carbocycles. The van der Waals surface area contributed by atoms with Crippen LogP contribution in [0.3, 0.4) is 0 Å². The number of nitrogens with one attached hydrogen (secondary N) is 4. The number of hydrogen-bond acceptors (Lipinski definition) is 9. The largest absolute Gasteiger partial charge is 0.573 e. The third-order valence-electron chi connectivity index (χ3n) is 10.6. The molecule has 4 N–H and O–H groups in total. The SMILES string of the molecule is COC(=O)N[C@H](C(=O)N1C[C@@H](C)C[C@H]1c1nc2c(ccc3cc(-c4cc(Cl)c(NC(=O)c5ccc(N6CCNC[C@H]6C)nc5)cc4OC(F)(F)F)ccc32)[nH]1)C(C)C. The van der Waals surface area contributed by atoms with Gasteiger partial charge in [-0.15, -0.1) is 13.2 Å². The van der Waals surface area contributed by atoms with Crippen molar-refractivity contribution in [3.8, 4) is 16.9 Å². The molecule has 0 unspecified atom stereocenters. The number of anilines is 2. The number of alkyl halides is 3. The van der Waals surface area contributed by atoms with E-state index in [1.807, 2.05) is 32.9 Å². The van der Waals surface area contributed by atoms with E-state index in [1.54, 1.807) is 35.2 Å². The molecule has 17 heteroatoms. The molecule has 0 radical (unpaired) electrons. The van der Waals surface area contributed by atoms with Crippen molar-refractivity contribution in [2.24, 2.45) is 11.8 Å². The summed E-state index contributed by atoms with van der Waals surface area (Å²) in [6.45, 7) is 10.7. The lowest BCUT2D eigenvalue weighted by molar-refractivity contribution is -0.274. The third-order valence-corrected chi connectivity index (χ3v) is 11.0. The summed E-state index contributed by atoms with van der Waals surface area (Å²) in [7, 11) is 1.25. The van der Waals surface area contributed by atoms with Crippen LogP contribution in [0.4, 0.5) is 29.5 Å². The number of methoxy groups -OCH3 is 1. The maximum atomic E-state index is 13.8. The molecule has 0 aliphatic carbocycles. The number of ether oxygens (including phenoxy) is 2. The molecule has 58 heavy (non-hydrogen) atoms. The van der Waals surface area contributed by atoms with Crippen LogP contribution in [0, 0.1) is 11.8 Å². The van der Waals surface area contributed by atoms with Gasteiger partial charge < -0.3 is 40.2 Å². The van der Waals surface area contributed by atoms with Crippen molar-refractivity contribution in [1.82, 2.24) is 30.5 Å². The van der Waals surface area contributed by atoms with E-state index < -0.39 is 30.2 Å². The van der Waals surface area contributed by atoms with Gasteiger partial charge in [0.25, 0.3) is 5.91 Å². The number of nitrogens with zero attached hydrogens (tertiary/aromatic N) is 4. The number of hydrogen-bond donors (Lipinski definition) is 4. The Labute approximate surface area is 337 Å². The lowest BCUT2D eigenvalue weighted by atomic mass is 9.99. The van der Waals surface area contributed by atoms with Crippen LogP contribution in [0.2, 0.25) is 5.02 Å². The number of fused-ring (bicyclic) bond motifs is 3. The molecule has 13 nitrogen and oxygen atoms in total. The molecule has 4 atom stereocenters. The van der Waals surface area contributed by atoms with Gasteiger partial charge in [0.2, 0.25) is 5.91 Å². The van der Waals surface area contributed by atoms with Crippen molar-refractivity contribution < 1.29 is 37.0 Å². The van der Waals surface area contributed by atoms with Crippen LogP contribution < -0.4 is 25.6 Å². The average Bonchev–Trinajstić information content (AvgIpc) is 3.81. The van der Waals surface area contributed by atoms with Crippen molar-refractivity contribution in [3.63, 3.8) is 0 Å². The van der Waals surface area contributed by atoms with Crippen LogP contribution in [0.5, 0.6) is 5.75 Å². The van der Waals surface area contributed by atoms with Crippen LogP contribution in [0.25, 0.3) is 32.9 Å². The first kappa shape index (κ1) is 40.6. The number of benzene rings is 3. The topological polar surface area (TPSA) is 154 Å². The summed E-state index contributed by atoms with van der Waals surface area (Å²) < 4.78 is 50.7. The summed E-state index contributed by atoms with van der Waals surface area (Å²) in [5.41, 5.74) is 1.88. The number of likely N-dealkylation sites (tertiary alicyclic amines) is 1. The van der Waals surface area contributed by atoms with Gasteiger partial charge in [-0.25, -0.2) is 14.8 Å². The van der Waals surface area contributed by atoms with E-state index in [2.05, 4.69) is 42.5 Å². The Balaban J connectivity index is 1.16. The molecule has 2 saturated heterocycles. The quantitative estimate of drug-likeness (QED) is 0.117. The van der Waals surface area contributed by atoms with Gasteiger partial charge in [-0.3, -0.25) is 9.59 Å². The van der Waals surface area contributed by atoms with Crippen molar-refractivity contribution >= 4 is 62.8 Å². The highest BCUT2D eigenvalue weighted by Crippen LogP contribution is 2.42. The number of halogens is 4. The number of pyridine rings is 1. The predicted octanol–water partition coefficient (Wildman–Crippen LogP) is 7.67. The number of rotatable bonds is 9. The summed E-state index contributed by atoms with van der Waals surface area (Å²) >= 11 is 6.62. The molecule has 0 bridgehead atoms. The van der Waals surface area contributed by atoms with E-state index in [9.17, 15) is 27.6 Å². The molecule has 3 amide bonds. The highest BCUT2D eigenvalue weighted by molar-refractivity contribution is 6.34. The Morgan fingerprint density at radius 2 is 1.84 bits per heavy atom. The second-order valence-electron chi connectivity index (χ2n) is 15.2. The number of carbonyl (C=O) groups is 3. The summed E-state index contributed by atoms with van der Waals surface area (Å²) in [5, 5.41) is 9.98. The Morgan fingerprint density at radius 1 is 1.05 bits per heavy atom. The number of amides is 3. The first-order valence-corrected chi connectivity index (χ1v) is 19.4. The molecule has 7 rings (SSSR count). The van der Waals surface area contributed by atoms with Gasteiger partial charge in [0.15, 0.2) is 0 Å². The Hall–Kier alpha value is -5.61. The lowest BCUT2D eigenvalue weighted by Crippen LogP contribution is -2.51. The Morgan fingerprint density at radius 3 is 2.53 bits per heavy atom. The van der Waals surface area contributed by atoms with Gasteiger partial charge in [-0.05, 0) is 66.5 Å². The van der Waals surface area contributed by atoms with Gasteiger partial charge in [0, 0.05) is 55.4 Å². The second-order valence-corrected chi connectivity index (χ2v) is 15.6. The fourth-order valence-corrected chi connectivity index (χ4v) is 7.93. The number of aromatic amines is 1. The highest BCUT2D eigenvalue weighted by atomic mass is 35.5. The number of carbonyl (C=O) groups excluding carboxylic acids is 3. The first-order valence-electron chi connectivity index (χ1n) is 19.0. The summed E-state index contributed by atoms with van der Waals surface area (Å²) in [6.07, 6.45) is -3.67. The highest BCUT2D eigenvalue weighted by Gasteiger charge is 2.40. The zero-order valence-corrected chi connectivity index (χ0v) is 33.3. The van der Waals surface area contributed by atoms with E-state index in [0.29, 0.717) is 46.6 Å². The molecule has 2 aromatic heterocycles. The van der Waals surface area contributed by atoms with Crippen molar-refractivity contribution in [2.75, 3.05) is 43.5 Å². The molecular weight excluding hydrogens is 777 g/mol. The maximum absolute atomic E-state index is 13.8. The van der Waals surface area contributed by atoms with Gasteiger partial charge in [-0.2, -0.15) is 0 Å². The van der Waals surface area contributed by atoms with Crippen molar-refractivity contribution in [2.45, 2.75) is 58.6 Å². The first-order chi connectivity index (χ1) is 27.6. The van der Waals surface area contributed by atoms with Crippen LogP contribution >= 0.6 is 11.6 Å². The monoisotopic (exact) mass is 820 g/mol. The smallest absolute Gasteiger partial charge is 0.453 e. The minimum absolute atomic E-state index is 0.00373. The summed E-state index contributed by atoms with van der Waals surface area (Å²) in [5.74, 6) is -0.139. The number of H-pyrrole nitrogens is 1. The fraction of sp³-hybridized carbons (Fsp3) is 0.390. The van der Waals surface area contributed by atoms with E-state index in [1.165, 1.54) is 19.4 Å². The molecule has 2 fully saturated rings. The molecule has 5 aromatic rings. The van der Waals surface area contributed by atoms with Gasteiger partial charge in [0.05, 0.1) is 40.5 Å². The van der Waals surface area contributed by atoms with Crippen molar-refractivity contribution in [3.05, 3.63) is 77.2 Å². The number of piperazine rings is 1. The molecule has 2 aliphatic rings. The summed E-state index contributed by atoms with van der Waals surface area (Å²) in [4.78, 5) is 55.8. The molecule has 306 valence electrons. The number of alkyl carbamates (subject to hydrolysis) is 1. The van der Waals surface area contributed by atoms with Gasteiger partial charge in [0.1, 0.15) is 23.4 Å². The third kappa shape index (κ3) is 8.48. The zero-order valence-electron chi connectivity index (χ0n) is 32.5. The minimum atomic E-state index is -5.04. The van der Waals surface area contributed by atoms with E-state index in [0.717, 1.165) is 31.1 Å². The molecule has 4 heterocycles. The number of imidazole rings is 1. The second kappa shape index (κ2) is 16.3. The minimum Gasteiger partial charge on any atom is -0.453 e. The Bertz CT molecular complexity index is 2350. The predicted molar refractivity (Wildman–Crippen MR) is 215 cm³/mol. The number of aromatic nitrogens is 3. The molecule has 2 aliphatic heterocycles. The van der Waals surface area contributed by atoms with Crippen LogP contribution in [0.15, 0.2) is 60.8 Å². The maximum Gasteiger partial charge on any atom is 0.573 e. The van der Waals surface area contributed by atoms with E-state index in [4.69, 9.17) is 21.3 Å². The average molecular weight is 821 g/mol. The van der Waals surface area contributed by atoms with Crippen LogP contribution in [-0.2, 0) is 9.53 Å². The van der Waals surface area contributed by atoms with Crippen LogP contribution in [-0.4, -0.2) is 89.5 Å². The Kier molecular flexibility index (Phi) is 11.4. The normalized spacial score (nSPS) is 19.1. The molecular formula is C41H44ClF3N8O5. The van der Waals surface area contributed by atoms with Gasteiger partial charge in [-0.1, -0.05) is 50.6 Å². The lowest BCUT2D eigenvalue weighted by Gasteiger charge is -2.34. The zero-order chi connectivity index (χ0) is 41.5. The molecule has 0 spiro atoms. The van der Waals surface area contributed by atoms with Gasteiger partial charge >= 0.3 is 12.5 Å². The molecule has 3 aromatic carbocycles. The van der Waals surface area contributed by atoms with E-state index >= 15 is 0 Å². The standard InChI is InChI=1S/C41H44ClF3N8O5/c1-21(2)35(51-40(56)57-5)39(55)53-20-22(3)14-32(53)37-48-30-10-7-24-15-25(6-9-27(24)36(30)50-37)28-16-29(42)31(17-33(28)58-41(43,44)45)49-38(54)26-8-11-34(47-19-26)52-13-12-46-18-23(52)4/h6-11,15-17,19,21-23,32,35,46H,12-14,18,20H2,1-5H3,(H,48,50)(H,49,54)(H,51,56)/t22-,23+,32-,35-/m0/s1. The van der Waals surface area contributed by atoms with E-state index in [-0.39, 0.29) is 51.7 Å². The van der Waals surface area contributed by atoms with Crippen molar-refractivity contribution in [1.29, 1.82) is 0 Å².